The van der Waals surface area contributed by atoms with Crippen LogP contribution in [0, 0.1) is 23.2 Å². The zero-order valence-corrected chi connectivity index (χ0v) is 24.2. The van der Waals surface area contributed by atoms with E-state index >= 15 is 0 Å². The Bertz CT molecular complexity index is 1550. The van der Waals surface area contributed by atoms with Crippen molar-refractivity contribution in [3.63, 3.8) is 0 Å². The van der Waals surface area contributed by atoms with Crippen LogP contribution in [0.5, 0.6) is 0 Å². The van der Waals surface area contributed by atoms with Crippen LogP contribution in [0.15, 0.2) is 60.8 Å². The maximum absolute atomic E-state index is 13.6. The van der Waals surface area contributed by atoms with Crippen LogP contribution in [0.4, 0.5) is 30.4 Å². The zero-order valence-electron chi connectivity index (χ0n) is 23.4. The molecular formula is C31H29F3N6OS. The summed E-state index contributed by atoms with van der Waals surface area (Å²) in [7, 11) is 1.51. The molecule has 0 amide bonds. The van der Waals surface area contributed by atoms with E-state index in [-0.39, 0.29) is 10.8 Å². The van der Waals surface area contributed by atoms with Crippen LogP contribution >= 0.6 is 12.2 Å². The van der Waals surface area contributed by atoms with Crippen molar-refractivity contribution in [3.05, 3.63) is 83.0 Å². The maximum atomic E-state index is 13.6. The molecule has 1 aliphatic heterocycles. The summed E-state index contributed by atoms with van der Waals surface area (Å²) in [6.07, 6.45) is -2.25. The highest BCUT2D eigenvalue weighted by Crippen LogP contribution is 2.35. The average molecular weight is 591 g/mol. The largest absolute Gasteiger partial charge is 0.417 e. The number of alkyl halides is 3. The molecule has 1 aromatic heterocycles. The first-order chi connectivity index (χ1) is 19.9. The molecule has 42 heavy (non-hydrogen) atoms. The Morgan fingerprint density at radius 2 is 1.64 bits per heavy atom. The Morgan fingerprint density at radius 1 is 1.02 bits per heavy atom. The molecule has 7 nitrogen and oxygen atoms in total. The third-order valence-corrected chi connectivity index (χ3v) is 7.28. The summed E-state index contributed by atoms with van der Waals surface area (Å²) < 4.78 is 40.7. The molecule has 0 radical (unpaired) electrons. The van der Waals surface area contributed by atoms with Gasteiger partial charge in [0.1, 0.15) is 12.1 Å². The molecule has 1 aliphatic rings. The van der Waals surface area contributed by atoms with Crippen molar-refractivity contribution in [2.24, 2.45) is 0 Å². The molecule has 3 aromatic rings. The molecule has 1 fully saturated rings. The van der Waals surface area contributed by atoms with Crippen molar-refractivity contribution in [1.82, 2.24) is 10.3 Å². The molecule has 0 unspecified atom stereocenters. The second-order valence-corrected chi connectivity index (χ2v) is 10.6. The van der Waals surface area contributed by atoms with Gasteiger partial charge in [-0.05, 0) is 80.7 Å². The van der Waals surface area contributed by atoms with Crippen LogP contribution in [0.25, 0.3) is 0 Å². The van der Waals surface area contributed by atoms with Crippen molar-refractivity contribution in [2.45, 2.75) is 25.6 Å². The number of rotatable bonds is 5. The van der Waals surface area contributed by atoms with E-state index in [1.807, 2.05) is 12.1 Å². The van der Waals surface area contributed by atoms with E-state index < -0.39 is 22.8 Å². The van der Waals surface area contributed by atoms with Crippen LogP contribution in [-0.4, -0.2) is 55.1 Å². The number of hydrogen-bond donors (Lipinski definition) is 1. The number of thiocarbonyl (C=S) groups is 1. The van der Waals surface area contributed by atoms with Gasteiger partial charge in [0.25, 0.3) is 0 Å². The summed E-state index contributed by atoms with van der Waals surface area (Å²) in [6, 6.07) is 15.9. The first kappa shape index (κ1) is 30.5. The van der Waals surface area contributed by atoms with Gasteiger partial charge in [-0.3, -0.25) is 0 Å². The molecule has 0 aliphatic carbocycles. The predicted molar refractivity (Wildman–Crippen MR) is 162 cm³/mol. The van der Waals surface area contributed by atoms with Gasteiger partial charge in [0, 0.05) is 61.9 Å². The van der Waals surface area contributed by atoms with Gasteiger partial charge in [0.2, 0.25) is 0 Å². The van der Waals surface area contributed by atoms with Crippen molar-refractivity contribution >= 4 is 40.8 Å². The minimum Gasteiger partial charge on any atom is -0.354 e. The molecule has 4 rings (SSSR count). The van der Waals surface area contributed by atoms with Crippen LogP contribution < -0.4 is 20.0 Å². The summed E-state index contributed by atoms with van der Waals surface area (Å²) >= 11 is 5.68. The summed E-state index contributed by atoms with van der Waals surface area (Å²) in [4.78, 5) is 21.8. The number of aldehydes is 1. The van der Waals surface area contributed by atoms with Crippen molar-refractivity contribution < 1.29 is 18.0 Å². The van der Waals surface area contributed by atoms with Crippen LogP contribution in [0.2, 0.25) is 0 Å². The highest BCUT2D eigenvalue weighted by Gasteiger charge is 2.36. The SMILES string of the molecule is CN(C(=S)N(c1ccc(C#Cc2ccc(N3CCNCC3)nc2)cc1)C(C)(C)C=O)c1ccc(C#N)c(C(F)(F)F)c1. The quantitative estimate of drug-likeness (QED) is 0.253. The third-order valence-electron chi connectivity index (χ3n) is 6.82. The van der Waals surface area contributed by atoms with E-state index in [1.54, 1.807) is 55.3 Å². The predicted octanol–water partition coefficient (Wildman–Crippen LogP) is 4.99. The number of nitrogens with one attached hydrogen (secondary N) is 1. The Hall–Kier alpha value is -4.45. The topological polar surface area (TPSA) is 75.5 Å². The first-order valence-corrected chi connectivity index (χ1v) is 13.5. The van der Waals surface area contributed by atoms with Gasteiger partial charge in [-0.15, -0.1) is 0 Å². The Labute approximate surface area is 248 Å². The fourth-order valence-electron chi connectivity index (χ4n) is 4.45. The van der Waals surface area contributed by atoms with Crippen molar-refractivity contribution in [3.8, 4) is 17.9 Å². The molecule has 2 aromatic carbocycles. The lowest BCUT2D eigenvalue weighted by Gasteiger charge is -2.39. The summed E-state index contributed by atoms with van der Waals surface area (Å²) in [5.74, 6) is 7.14. The first-order valence-electron chi connectivity index (χ1n) is 13.1. The molecule has 11 heteroatoms. The fraction of sp³-hybridized carbons (Fsp3) is 0.290. The fourth-order valence-corrected chi connectivity index (χ4v) is 4.90. The molecular weight excluding hydrogens is 561 g/mol. The normalized spacial score (nSPS) is 13.4. The van der Waals surface area contributed by atoms with E-state index in [1.165, 1.54) is 18.0 Å². The minimum absolute atomic E-state index is 0.0967. The number of pyridine rings is 1. The molecule has 0 spiro atoms. The minimum atomic E-state index is -4.72. The van der Waals surface area contributed by atoms with E-state index in [2.05, 4.69) is 27.0 Å². The van der Waals surface area contributed by atoms with Gasteiger partial charge < -0.3 is 24.8 Å². The standard InChI is InChI=1S/C31H29F3N6OS/c1-30(2,21-41)40(29(42)38(3)26-12-9-24(19-35)27(18-26)31(32,33)34)25-10-6-22(7-11-25)4-5-23-8-13-28(37-20-23)39-16-14-36-15-17-39/h6-13,18,20-21,36H,14-17H2,1-3H3. The number of carbonyl (C=O) groups is 1. The molecule has 216 valence electrons. The van der Waals surface area contributed by atoms with E-state index in [9.17, 15) is 18.0 Å². The maximum Gasteiger partial charge on any atom is 0.417 e. The van der Waals surface area contributed by atoms with Crippen molar-refractivity contribution in [1.29, 1.82) is 5.26 Å². The van der Waals surface area contributed by atoms with Crippen molar-refractivity contribution in [2.75, 3.05) is 47.9 Å². The van der Waals surface area contributed by atoms with Gasteiger partial charge >= 0.3 is 6.18 Å². The van der Waals surface area contributed by atoms with Gasteiger partial charge in [-0.1, -0.05) is 11.8 Å². The lowest BCUT2D eigenvalue weighted by Crippen LogP contribution is -2.54. The average Bonchev–Trinajstić information content (AvgIpc) is 3.00. The second-order valence-electron chi connectivity index (χ2n) is 10.2. The van der Waals surface area contributed by atoms with E-state index in [4.69, 9.17) is 17.5 Å². The molecule has 2 heterocycles. The number of nitriles is 1. The molecule has 1 N–H and O–H groups in total. The lowest BCUT2D eigenvalue weighted by molar-refractivity contribution is -0.137. The summed E-state index contributed by atoms with van der Waals surface area (Å²) in [5.41, 5.74) is -0.512. The monoisotopic (exact) mass is 590 g/mol. The van der Waals surface area contributed by atoms with Gasteiger partial charge in [0.15, 0.2) is 5.11 Å². The number of aromatic nitrogens is 1. The number of carbonyl (C=O) groups excluding carboxylic acids is 1. The summed E-state index contributed by atoms with van der Waals surface area (Å²) in [5, 5.41) is 12.5. The highest BCUT2D eigenvalue weighted by molar-refractivity contribution is 7.80. The Morgan fingerprint density at radius 3 is 2.21 bits per heavy atom. The number of benzene rings is 2. The lowest BCUT2D eigenvalue weighted by atomic mass is 10.0. The Balaban J connectivity index is 1.56. The molecule has 0 atom stereocenters. The van der Waals surface area contributed by atoms with E-state index in [0.717, 1.165) is 61.5 Å². The van der Waals surface area contributed by atoms with E-state index in [0.29, 0.717) is 5.69 Å². The highest BCUT2D eigenvalue weighted by atomic mass is 32.1. The molecule has 1 saturated heterocycles. The Kier molecular flexibility index (Phi) is 9.15. The molecule has 0 bridgehead atoms. The van der Waals surface area contributed by atoms with Gasteiger partial charge in [0.05, 0.1) is 22.7 Å². The number of hydrogen-bond acceptors (Lipinski definition) is 6. The smallest absolute Gasteiger partial charge is 0.354 e. The third kappa shape index (κ3) is 6.88. The second kappa shape index (κ2) is 12.6. The number of nitrogens with zero attached hydrogens (tertiary/aromatic N) is 5. The van der Waals surface area contributed by atoms with Gasteiger partial charge in [-0.25, -0.2) is 4.98 Å². The number of halogens is 3. The van der Waals surface area contributed by atoms with Crippen LogP contribution in [0.3, 0.4) is 0 Å². The summed E-state index contributed by atoms with van der Waals surface area (Å²) in [6.45, 7) is 6.98. The number of piperazine rings is 1. The number of anilines is 3. The van der Waals surface area contributed by atoms with Gasteiger partial charge in [-0.2, -0.15) is 18.4 Å². The van der Waals surface area contributed by atoms with Crippen LogP contribution in [0.1, 0.15) is 36.1 Å². The zero-order chi connectivity index (χ0) is 30.5. The molecule has 0 saturated carbocycles. The van der Waals surface area contributed by atoms with Crippen LogP contribution in [-0.2, 0) is 11.0 Å².